The minimum atomic E-state index is -1.66. The van der Waals surface area contributed by atoms with Gasteiger partial charge in [0.1, 0.15) is 0 Å². The zero-order valence-corrected chi connectivity index (χ0v) is 10.5. The van der Waals surface area contributed by atoms with E-state index in [0.29, 0.717) is 12.5 Å². The standard InChI is InChI=1S/C12H22O5/c1-9(2)6-4-3-5-7-17-11(14)8-10(13)12(15)16/h9-10,13H,3-8H2,1-2H3,(H,15,16)/t10-/m1/s1. The van der Waals surface area contributed by atoms with Gasteiger partial charge in [-0.25, -0.2) is 4.79 Å². The molecule has 0 heterocycles. The first-order chi connectivity index (χ1) is 7.93. The van der Waals surface area contributed by atoms with Crippen LogP contribution in [0.1, 0.15) is 46.0 Å². The average Bonchev–Trinajstić information content (AvgIpc) is 2.22. The molecule has 0 aromatic rings. The topological polar surface area (TPSA) is 83.8 Å². The first-order valence-corrected chi connectivity index (χ1v) is 6.00. The monoisotopic (exact) mass is 246 g/mol. The van der Waals surface area contributed by atoms with E-state index in [1.807, 2.05) is 0 Å². The number of carbonyl (C=O) groups excluding carboxylic acids is 1. The predicted molar refractivity (Wildman–Crippen MR) is 62.5 cm³/mol. The second-order valence-corrected chi connectivity index (χ2v) is 4.52. The molecular weight excluding hydrogens is 224 g/mol. The smallest absolute Gasteiger partial charge is 0.333 e. The minimum Gasteiger partial charge on any atom is -0.479 e. The van der Waals surface area contributed by atoms with Crippen molar-refractivity contribution in [2.24, 2.45) is 5.92 Å². The van der Waals surface area contributed by atoms with Crippen LogP contribution in [0.25, 0.3) is 0 Å². The normalized spacial score (nSPS) is 12.5. The van der Waals surface area contributed by atoms with Gasteiger partial charge in [-0.1, -0.05) is 33.1 Å². The summed E-state index contributed by atoms with van der Waals surface area (Å²) in [5, 5.41) is 17.3. The molecule has 0 aliphatic carbocycles. The highest BCUT2D eigenvalue weighted by Crippen LogP contribution is 2.08. The third-order valence-electron chi connectivity index (χ3n) is 2.33. The minimum absolute atomic E-state index is 0.295. The molecule has 0 aliphatic rings. The SMILES string of the molecule is CC(C)CCCCCOC(=O)C[C@@H](O)C(=O)O. The number of rotatable bonds is 9. The summed E-state index contributed by atoms with van der Waals surface area (Å²) in [5.41, 5.74) is 0. The van der Waals surface area contributed by atoms with E-state index in [9.17, 15) is 9.59 Å². The summed E-state index contributed by atoms with van der Waals surface area (Å²) in [6.45, 7) is 4.61. The van der Waals surface area contributed by atoms with E-state index >= 15 is 0 Å². The Hall–Kier alpha value is -1.10. The van der Waals surface area contributed by atoms with Crippen molar-refractivity contribution in [2.45, 2.75) is 52.1 Å². The van der Waals surface area contributed by atoms with Gasteiger partial charge < -0.3 is 14.9 Å². The van der Waals surface area contributed by atoms with Gasteiger partial charge in [-0.05, 0) is 12.3 Å². The fraction of sp³-hybridized carbons (Fsp3) is 0.833. The van der Waals surface area contributed by atoms with Gasteiger partial charge in [0.05, 0.1) is 13.0 Å². The lowest BCUT2D eigenvalue weighted by atomic mass is 10.1. The number of carboxylic acids is 1. The quantitative estimate of drug-likeness (QED) is 0.476. The van der Waals surface area contributed by atoms with Crippen molar-refractivity contribution in [1.82, 2.24) is 0 Å². The maximum atomic E-state index is 11.1. The molecule has 0 spiro atoms. The number of aliphatic hydroxyl groups is 1. The van der Waals surface area contributed by atoms with E-state index < -0.39 is 24.5 Å². The van der Waals surface area contributed by atoms with Gasteiger partial charge in [-0.15, -0.1) is 0 Å². The average molecular weight is 246 g/mol. The van der Waals surface area contributed by atoms with Crippen LogP contribution in [0.15, 0.2) is 0 Å². The van der Waals surface area contributed by atoms with Crippen molar-refractivity contribution < 1.29 is 24.5 Å². The molecule has 0 bridgehead atoms. The van der Waals surface area contributed by atoms with Gasteiger partial charge in [0.2, 0.25) is 0 Å². The van der Waals surface area contributed by atoms with Crippen LogP contribution in [0, 0.1) is 5.92 Å². The molecule has 2 N–H and O–H groups in total. The molecule has 0 aromatic heterocycles. The van der Waals surface area contributed by atoms with E-state index in [1.54, 1.807) is 0 Å². The Bertz CT molecular complexity index is 237. The molecule has 0 unspecified atom stereocenters. The lowest BCUT2D eigenvalue weighted by Crippen LogP contribution is -2.24. The van der Waals surface area contributed by atoms with Crippen LogP contribution in [0.2, 0.25) is 0 Å². The molecule has 0 radical (unpaired) electrons. The first kappa shape index (κ1) is 15.9. The van der Waals surface area contributed by atoms with Crippen LogP contribution in [-0.4, -0.2) is 34.9 Å². The van der Waals surface area contributed by atoms with Gasteiger partial charge >= 0.3 is 11.9 Å². The summed E-state index contributed by atoms with van der Waals surface area (Å²) >= 11 is 0. The lowest BCUT2D eigenvalue weighted by Gasteiger charge is -2.07. The van der Waals surface area contributed by atoms with E-state index in [0.717, 1.165) is 25.7 Å². The number of hydrogen-bond donors (Lipinski definition) is 2. The highest BCUT2D eigenvalue weighted by Gasteiger charge is 2.18. The van der Waals surface area contributed by atoms with Crippen LogP contribution < -0.4 is 0 Å². The summed E-state index contributed by atoms with van der Waals surface area (Å²) < 4.78 is 4.81. The van der Waals surface area contributed by atoms with Crippen molar-refractivity contribution >= 4 is 11.9 Å². The molecule has 0 rings (SSSR count). The molecule has 5 heteroatoms. The molecule has 0 aliphatic heterocycles. The van der Waals surface area contributed by atoms with Crippen molar-refractivity contribution in [3.63, 3.8) is 0 Å². The van der Waals surface area contributed by atoms with Crippen molar-refractivity contribution in [1.29, 1.82) is 0 Å². The Morgan fingerprint density at radius 1 is 1.18 bits per heavy atom. The molecular formula is C12H22O5. The number of carbonyl (C=O) groups is 2. The van der Waals surface area contributed by atoms with Crippen molar-refractivity contribution in [3.05, 3.63) is 0 Å². The number of ether oxygens (including phenoxy) is 1. The number of carboxylic acid groups (broad SMARTS) is 1. The summed E-state index contributed by atoms with van der Waals surface area (Å²) in [5.74, 6) is -1.38. The highest BCUT2D eigenvalue weighted by molar-refractivity contribution is 5.80. The summed E-state index contributed by atoms with van der Waals surface area (Å²) in [7, 11) is 0. The molecule has 0 saturated heterocycles. The number of aliphatic carboxylic acids is 1. The van der Waals surface area contributed by atoms with Crippen molar-refractivity contribution in [2.75, 3.05) is 6.61 Å². The van der Waals surface area contributed by atoms with E-state index in [-0.39, 0.29) is 0 Å². The van der Waals surface area contributed by atoms with Crippen molar-refractivity contribution in [3.8, 4) is 0 Å². The van der Waals surface area contributed by atoms with Gasteiger partial charge in [-0.2, -0.15) is 0 Å². The first-order valence-electron chi connectivity index (χ1n) is 6.00. The summed E-state index contributed by atoms with van der Waals surface area (Å²) in [6, 6.07) is 0. The summed E-state index contributed by atoms with van der Waals surface area (Å²) in [4.78, 5) is 21.3. The Kier molecular flexibility index (Phi) is 8.40. The second-order valence-electron chi connectivity index (χ2n) is 4.52. The van der Waals surface area contributed by atoms with E-state index in [4.69, 9.17) is 14.9 Å². The van der Waals surface area contributed by atoms with Crippen LogP contribution in [-0.2, 0) is 14.3 Å². The largest absolute Gasteiger partial charge is 0.479 e. The number of unbranched alkanes of at least 4 members (excludes halogenated alkanes) is 2. The molecule has 0 saturated carbocycles. The fourth-order valence-electron chi connectivity index (χ4n) is 1.32. The maximum Gasteiger partial charge on any atom is 0.333 e. The Labute approximate surface area is 102 Å². The molecule has 1 atom stereocenters. The van der Waals surface area contributed by atoms with Gasteiger partial charge in [0.15, 0.2) is 6.10 Å². The van der Waals surface area contributed by atoms with Gasteiger partial charge in [0.25, 0.3) is 0 Å². The second kappa shape index (κ2) is 8.98. The zero-order valence-electron chi connectivity index (χ0n) is 10.5. The molecule has 0 fully saturated rings. The van der Waals surface area contributed by atoms with Crippen LogP contribution in [0.4, 0.5) is 0 Å². The van der Waals surface area contributed by atoms with Crippen LogP contribution in [0.5, 0.6) is 0 Å². The molecule has 0 aromatic carbocycles. The van der Waals surface area contributed by atoms with E-state index in [2.05, 4.69) is 13.8 Å². The third-order valence-corrected chi connectivity index (χ3v) is 2.33. The lowest BCUT2D eigenvalue weighted by molar-refractivity contribution is -0.155. The Balaban J connectivity index is 3.43. The highest BCUT2D eigenvalue weighted by atomic mass is 16.5. The molecule has 0 amide bonds. The fourth-order valence-corrected chi connectivity index (χ4v) is 1.32. The van der Waals surface area contributed by atoms with Crippen LogP contribution >= 0.6 is 0 Å². The number of hydrogen-bond acceptors (Lipinski definition) is 4. The Morgan fingerprint density at radius 2 is 1.82 bits per heavy atom. The third kappa shape index (κ3) is 9.81. The number of aliphatic hydroxyl groups excluding tert-OH is 1. The van der Waals surface area contributed by atoms with E-state index in [1.165, 1.54) is 0 Å². The predicted octanol–water partition coefficient (Wildman–Crippen LogP) is 1.58. The Morgan fingerprint density at radius 3 is 2.35 bits per heavy atom. The maximum absolute atomic E-state index is 11.1. The number of esters is 1. The summed E-state index contributed by atoms with van der Waals surface area (Å²) in [6.07, 6.45) is 1.89. The molecule has 100 valence electrons. The van der Waals surface area contributed by atoms with Gasteiger partial charge in [-0.3, -0.25) is 4.79 Å². The van der Waals surface area contributed by atoms with Gasteiger partial charge in [0, 0.05) is 0 Å². The molecule has 17 heavy (non-hydrogen) atoms. The van der Waals surface area contributed by atoms with Crippen LogP contribution in [0.3, 0.4) is 0 Å². The molecule has 5 nitrogen and oxygen atoms in total. The zero-order chi connectivity index (χ0) is 13.3.